The molecule has 0 N–H and O–H groups in total. The molecular weight excluding hydrogens is 248 g/mol. The van der Waals surface area contributed by atoms with Crippen molar-refractivity contribution in [3.05, 3.63) is 53.7 Å². The second-order valence-electron chi connectivity index (χ2n) is 4.01. The SMILES string of the molecule is Clc1ccccc1CCn1cnc2cncnc21. The van der Waals surface area contributed by atoms with Crippen LogP contribution in [0.5, 0.6) is 0 Å². The summed E-state index contributed by atoms with van der Waals surface area (Å²) < 4.78 is 2.01. The van der Waals surface area contributed by atoms with E-state index in [1.54, 1.807) is 12.5 Å². The zero-order valence-corrected chi connectivity index (χ0v) is 10.4. The molecule has 0 aliphatic rings. The maximum atomic E-state index is 6.13. The molecule has 1 aromatic carbocycles. The van der Waals surface area contributed by atoms with E-state index in [9.17, 15) is 0 Å². The van der Waals surface area contributed by atoms with Crippen molar-refractivity contribution in [2.75, 3.05) is 0 Å². The molecular formula is C13H11ClN4. The highest BCUT2D eigenvalue weighted by atomic mass is 35.5. The van der Waals surface area contributed by atoms with Gasteiger partial charge in [-0.2, -0.15) is 0 Å². The molecule has 2 aromatic heterocycles. The number of hydrogen-bond donors (Lipinski definition) is 0. The Bertz CT molecular complexity index is 677. The molecule has 3 rings (SSSR count). The Balaban J connectivity index is 1.83. The molecule has 2 heterocycles. The maximum absolute atomic E-state index is 6.13. The number of imidazole rings is 1. The van der Waals surface area contributed by atoms with Crippen molar-refractivity contribution in [2.24, 2.45) is 0 Å². The van der Waals surface area contributed by atoms with Crippen LogP contribution in [-0.2, 0) is 13.0 Å². The third-order valence-corrected chi connectivity index (χ3v) is 3.23. The molecule has 0 radical (unpaired) electrons. The lowest BCUT2D eigenvalue weighted by atomic mass is 10.1. The quantitative estimate of drug-likeness (QED) is 0.726. The first kappa shape index (κ1) is 11.2. The summed E-state index contributed by atoms with van der Waals surface area (Å²) in [5.41, 5.74) is 2.81. The maximum Gasteiger partial charge on any atom is 0.163 e. The van der Waals surface area contributed by atoms with Crippen LogP contribution in [0.15, 0.2) is 43.1 Å². The van der Waals surface area contributed by atoms with E-state index < -0.39 is 0 Å². The van der Waals surface area contributed by atoms with E-state index in [1.807, 2.05) is 28.8 Å². The van der Waals surface area contributed by atoms with Crippen molar-refractivity contribution in [3.8, 4) is 0 Å². The fraction of sp³-hybridized carbons (Fsp3) is 0.154. The Morgan fingerprint density at radius 1 is 1.17 bits per heavy atom. The molecule has 4 nitrogen and oxygen atoms in total. The van der Waals surface area contributed by atoms with E-state index in [-0.39, 0.29) is 0 Å². The Hall–Kier alpha value is -1.94. The number of aryl methyl sites for hydroxylation is 2. The summed E-state index contributed by atoms with van der Waals surface area (Å²) in [6, 6.07) is 7.88. The van der Waals surface area contributed by atoms with Gasteiger partial charge in [-0.15, -0.1) is 0 Å². The number of aromatic nitrogens is 4. The third kappa shape index (κ3) is 2.07. The van der Waals surface area contributed by atoms with Crippen LogP contribution >= 0.6 is 11.6 Å². The fourth-order valence-electron chi connectivity index (χ4n) is 1.92. The summed E-state index contributed by atoms with van der Waals surface area (Å²) >= 11 is 6.13. The summed E-state index contributed by atoms with van der Waals surface area (Å²) in [7, 11) is 0. The standard InChI is InChI=1S/C13H11ClN4/c14-11-4-2-1-3-10(11)5-6-18-9-17-12-7-15-8-16-13(12)18/h1-4,7-9H,5-6H2. The van der Waals surface area contributed by atoms with Gasteiger partial charge in [-0.05, 0) is 18.1 Å². The van der Waals surface area contributed by atoms with Crippen LogP contribution in [0.4, 0.5) is 0 Å². The minimum Gasteiger partial charge on any atom is -0.315 e. The molecule has 0 saturated carbocycles. The topological polar surface area (TPSA) is 43.6 Å². The summed E-state index contributed by atoms with van der Waals surface area (Å²) in [5.74, 6) is 0. The normalized spacial score (nSPS) is 10.9. The first-order valence-corrected chi connectivity index (χ1v) is 6.06. The highest BCUT2D eigenvalue weighted by Gasteiger charge is 2.04. The Labute approximate surface area is 109 Å². The van der Waals surface area contributed by atoms with Crippen LogP contribution in [0.1, 0.15) is 5.56 Å². The molecule has 18 heavy (non-hydrogen) atoms. The first-order valence-electron chi connectivity index (χ1n) is 5.69. The van der Waals surface area contributed by atoms with E-state index >= 15 is 0 Å². The molecule has 0 fully saturated rings. The number of halogens is 1. The largest absolute Gasteiger partial charge is 0.315 e. The van der Waals surface area contributed by atoms with E-state index in [4.69, 9.17) is 11.6 Å². The molecule has 0 aliphatic carbocycles. The van der Waals surface area contributed by atoms with Gasteiger partial charge in [0.15, 0.2) is 5.65 Å². The van der Waals surface area contributed by atoms with Gasteiger partial charge in [-0.1, -0.05) is 29.8 Å². The summed E-state index contributed by atoms with van der Waals surface area (Å²) in [6.45, 7) is 0.803. The lowest BCUT2D eigenvalue weighted by molar-refractivity contribution is 0.709. The van der Waals surface area contributed by atoms with Crippen molar-refractivity contribution in [2.45, 2.75) is 13.0 Å². The van der Waals surface area contributed by atoms with Gasteiger partial charge in [0.2, 0.25) is 0 Å². The van der Waals surface area contributed by atoms with E-state index in [2.05, 4.69) is 15.0 Å². The number of fused-ring (bicyclic) bond motifs is 1. The first-order chi connectivity index (χ1) is 8.84. The van der Waals surface area contributed by atoms with Gasteiger partial charge in [0.1, 0.15) is 11.8 Å². The van der Waals surface area contributed by atoms with Crippen LogP contribution in [0, 0.1) is 0 Å². The minimum atomic E-state index is 0.802. The van der Waals surface area contributed by atoms with Gasteiger partial charge in [0.05, 0.1) is 12.5 Å². The average Bonchev–Trinajstić information content (AvgIpc) is 2.81. The fourth-order valence-corrected chi connectivity index (χ4v) is 2.15. The van der Waals surface area contributed by atoms with Gasteiger partial charge < -0.3 is 4.57 Å². The van der Waals surface area contributed by atoms with Crippen molar-refractivity contribution >= 4 is 22.8 Å². The molecule has 0 atom stereocenters. The van der Waals surface area contributed by atoms with Gasteiger partial charge in [-0.25, -0.2) is 15.0 Å². The van der Waals surface area contributed by atoms with Gasteiger partial charge in [0, 0.05) is 11.6 Å². The second kappa shape index (κ2) is 4.74. The lowest BCUT2D eigenvalue weighted by Gasteiger charge is -2.05. The average molecular weight is 259 g/mol. The number of nitrogens with zero attached hydrogens (tertiary/aromatic N) is 4. The Morgan fingerprint density at radius 2 is 2.06 bits per heavy atom. The van der Waals surface area contributed by atoms with Crippen LogP contribution in [0.2, 0.25) is 5.02 Å². The predicted octanol–water partition coefficient (Wildman–Crippen LogP) is 2.72. The van der Waals surface area contributed by atoms with Gasteiger partial charge in [0.25, 0.3) is 0 Å². The van der Waals surface area contributed by atoms with Crippen LogP contribution in [0.25, 0.3) is 11.2 Å². The second-order valence-corrected chi connectivity index (χ2v) is 4.42. The molecule has 0 spiro atoms. The molecule has 0 saturated heterocycles. The van der Waals surface area contributed by atoms with Crippen molar-refractivity contribution in [3.63, 3.8) is 0 Å². The van der Waals surface area contributed by atoms with Crippen LogP contribution in [0.3, 0.4) is 0 Å². The Kier molecular flexibility index (Phi) is 2.94. The third-order valence-electron chi connectivity index (χ3n) is 2.86. The van der Waals surface area contributed by atoms with Gasteiger partial charge in [-0.3, -0.25) is 0 Å². The zero-order valence-electron chi connectivity index (χ0n) is 9.62. The molecule has 3 aromatic rings. The minimum absolute atomic E-state index is 0.802. The van der Waals surface area contributed by atoms with E-state index in [0.29, 0.717) is 0 Å². The molecule has 0 bridgehead atoms. The highest BCUT2D eigenvalue weighted by molar-refractivity contribution is 6.31. The predicted molar refractivity (Wildman–Crippen MR) is 70.5 cm³/mol. The summed E-state index contributed by atoms with van der Waals surface area (Å²) in [5, 5.41) is 0.802. The van der Waals surface area contributed by atoms with Crippen molar-refractivity contribution < 1.29 is 0 Å². The molecule has 0 aliphatic heterocycles. The van der Waals surface area contributed by atoms with Crippen molar-refractivity contribution in [1.29, 1.82) is 0 Å². The number of hydrogen-bond acceptors (Lipinski definition) is 3. The number of rotatable bonds is 3. The smallest absolute Gasteiger partial charge is 0.163 e. The highest BCUT2D eigenvalue weighted by Crippen LogP contribution is 2.17. The van der Waals surface area contributed by atoms with Crippen molar-refractivity contribution in [1.82, 2.24) is 19.5 Å². The van der Waals surface area contributed by atoms with Crippen LogP contribution < -0.4 is 0 Å². The van der Waals surface area contributed by atoms with E-state index in [1.165, 1.54) is 6.33 Å². The lowest BCUT2D eigenvalue weighted by Crippen LogP contribution is -2.01. The molecule has 0 unspecified atom stereocenters. The number of benzene rings is 1. The van der Waals surface area contributed by atoms with Crippen LogP contribution in [-0.4, -0.2) is 19.5 Å². The molecule has 90 valence electrons. The monoisotopic (exact) mass is 258 g/mol. The Morgan fingerprint density at radius 3 is 2.94 bits per heavy atom. The molecule has 5 heteroatoms. The van der Waals surface area contributed by atoms with Gasteiger partial charge >= 0.3 is 0 Å². The van der Waals surface area contributed by atoms with E-state index in [0.717, 1.165) is 34.7 Å². The summed E-state index contributed by atoms with van der Waals surface area (Å²) in [4.78, 5) is 12.4. The zero-order chi connectivity index (χ0) is 12.4. The summed E-state index contributed by atoms with van der Waals surface area (Å²) in [6.07, 6.45) is 5.90. The molecule has 0 amide bonds.